The predicted molar refractivity (Wildman–Crippen MR) is 62.4 cm³/mol. The molecule has 0 spiro atoms. The first-order valence-corrected chi connectivity index (χ1v) is 5.97. The van der Waals surface area contributed by atoms with Gasteiger partial charge in [0.25, 0.3) is 6.43 Å². The summed E-state index contributed by atoms with van der Waals surface area (Å²) in [4.78, 5) is 0. The molecule has 0 amide bonds. The lowest BCUT2D eigenvalue weighted by molar-refractivity contribution is 0.151. The molecular weight excluding hydrogens is 224 g/mol. The SMILES string of the molecule is Oc1cc(C(F)F)ccc1CC1CCNCC1. The van der Waals surface area contributed by atoms with Gasteiger partial charge in [0.15, 0.2) is 0 Å². The molecule has 4 heteroatoms. The molecule has 0 aliphatic carbocycles. The van der Waals surface area contributed by atoms with Gasteiger partial charge in [0, 0.05) is 5.56 Å². The summed E-state index contributed by atoms with van der Waals surface area (Å²) in [5, 5.41) is 13.0. The highest BCUT2D eigenvalue weighted by Gasteiger charge is 2.16. The summed E-state index contributed by atoms with van der Waals surface area (Å²) in [6.45, 7) is 2.00. The van der Waals surface area contributed by atoms with Crippen LogP contribution in [0.15, 0.2) is 18.2 Å². The molecule has 1 saturated heterocycles. The fourth-order valence-electron chi connectivity index (χ4n) is 2.29. The van der Waals surface area contributed by atoms with Crippen molar-refractivity contribution in [1.29, 1.82) is 0 Å². The number of alkyl halides is 2. The van der Waals surface area contributed by atoms with Gasteiger partial charge in [-0.1, -0.05) is 12.1 Å². The number of phenolic OH excluding ortho intramolecular Hbond substituents is 1. The lowest BCUT2D eigenvalue weighted by Gasteiger charge is -2.23. The molecular formula is C13H17F2NO. The number of phenols is 1. The maximum atomic E-state index is 12.4. The molecule has 2 rings (SSSR count). The van der Waals surface area contributed by atoms with Gasteiger partial charge in [-0.05, 0) is 49.9 Å². The monoisotopic (exact) mass is 241 g/mol. The largest absolute Gasteiger partial charge is 0.508 e. The average molecular weight is 241 g/mol. The van der Waals surface area contributed by atoms with Gasteiger partial charge < -0.3 is 10.4 Å². The van der Waals surface area contributed by atoms with Crippen molar-refractivity contribution in [3.05, 3.63) is 29.3 Å². The summed E-state index contributed by atoms with van der Waals surface area (Å²) in [6.07, 6.45) is 0.414. The topological polar surface area (TPSA) is 32.3 Å². The Morgan fingerprint density at radius 2 is 2.00 bits per heavy atom. The van der Waals surface area contributed by atoms with E-state index in [0.29, 0.717) is 5.92 Å². The fraction of sp³-hybridized carbons (Fsp3) is 0.538. The van der Waals surface area contributed by atoms with Crippen molar-refractivity contribution in [3.8, 4) is 5.75 Å². The van der Waals surface area contributed by atoms with Crippen LogP contribution in [0.3, 0.4) is 0 Å². The number of piperidine rings is 1. The second kappa shape index (κ2) is 5.45. The zero-order chi connectivity index (χ0) is 12.3. The Kier molecular flexibility index (Phi) is 3.94. The van der Waals surface area contributed by atoms with E-state index in [1.165, 1.54) is 12.1 Å². The van der Waals surface area contributed by atoms with Crippen LogP contribution in [0.5, 0.6) is 5.75 Å². The Balaban J connectivity index is 2.05. The number of aromatic hydroxyl groups is 1. The maximum absolute atomic E-state index is 12.4. The molecule has 1 heterocycles. The van der Waals surface area contributed by atoms with Crippen molar-refractivity contribution in [2.45, 2.75) is 25.7 Å². The van der Waals surface area contributed by atoms with E-state index in [-0.39, 0.29) is 11.3 Å². The summed E-state index contributed by atoms with van der Waals surface area (Å²) >= 11 is 0. The van der Waals surface area contributed by atoms with Crippen molar-refractivity contribution in [3.63, 3.8) is 0 Å². The average Bonchev–Trinajstić information content (AvgIpc) is 2.33. The molecule has 17 heavy (non-hydrogen) atoms. The first-order chi connectivity index (χ1) is 8.16. The zero-order valence-electron chi connectivity index (χ0n) is 9.63. The van der Waals surface area contributed by atoms with E-state index in [1.54, 1.807) is 6.07 Å². The molecule has 0 aromatic heterocycles. The molecule has 0 saturated carbocycles. The van der Waals surface area contributed by atoms with Gasteiger partial charge in [-0.3, -0.25) is 0 Å². The highest BCUT2D eigenvalue weighted by Crippen LogP contribution is 2.28. The van der Waals surface area contributed by atoms with E-state index in [2.05, 4.69) is 5.32 Å². The third kappa shape index (κ3) is 3.16. The van der Waals surface area contributed by atoms with Crippen LogP contribution in [0.25, 0.3) is 0 Å². The Morgan fingerprint density at radius 1 is 1.29 bits per heavy atom. The number of rotatable bonds is 3. The second-order valence-corrected chi connectivity index (χ2v) is 4.59. The maximum Gasteiger partial charge on any atom is 0.263 e. The Hall–Kier alpha value is -1.16. The molecule has 1 aliphatic rings. The Bertz CT molecular complexity index is 376. The molecule has 0 atom stereocenters. The number of hydrogen-bond acceptors (Lipinski definition) is 2. The minimum Gasteiger partial charge on any atom is -0.508 e. The molecule has 1 aromatic carbocycles. The van der Waals surface area contributed by atoms with Crippen LogP contribution in [0.2, 0.25) is 0 Å². The van der Waals surface area contributed by atoms with Crippen molar-refractivity contribution in [1.82, 2.24) is 5.32 Å². The van der Waals surface area contributed by atoms with Gasteiger partial charge in [0.1, 0.15) is 5.75 Å². The van der Waals surface area contributed by atoms with E-state index in [1.807, 2.05) is 0 Å². The van der Waals surface area contributed by atoms with E-state index in [9.17, 15) is 13.9 Å². The quantitative estimate of drug-likeness (QED) is 0.852. The first kappa shape index (κ1) is 12.3. The summed E-state index contributed by atoms with van der Waals surface area (Å²) in [6, 6.07) is 4.21. The summed E-state index contributed by atoms with van der Waals surface area (Å²) in [5.74, 6) is 0.542. The Morgan fingerprint density at radius 3 is 2.59 bits per heavy atom. The van der Waals surface area contributed by atoms with E-state index in [0.717, 1.165) is 37.9 Å². The van der Waals surface area contributed by atoms with Crippen LogP contribution >= 0.6 is 0 Å². The van der Waals surface area contributed by atoms with Gasteiger partial charge >= 0.3 is 0 Å². The van der Waals surface area contributed by atoms with Crippen LogP contribution in [0, 0.1) is 5.92 Å². The molecule has 0 unspecified atom stereocenters. The fourth-order valence-corrected chi connectivity index (χ4v) is 2.29. The van der Waals surface area contributed by atoms with E-state index >= 15 is 0 Å². The molecule has 2 N–H and O–H groups in total. The molecule has 2 nitrogen and oxygen atoms in total. The van der Waals surface area contributed by atoms with Gasteiger partial charge in [-0.15, -0.1) is 0 Å². The first-order valence-electron chi connectivity index (χ1n) is 5.97. The van der Waals surface area contributed by atoms with Gasteiger partial charge in [0.2, 0.25) is 0 Å². The standard InChI is InChI=1S/C13H17F2NO/c14-13(15)11-2-1-10(12(17)8-11)7-9-3-5-16-6-4-9/h1-2,8-9,13,16-17H,3-7H2. The van der Waals surface area contributed by atoms with Crippen LogP contribution in [0.1, 0.15) is 30.4 Å². The number of halogens is 2. The molecule has 1 aliphatic heterocycles. The predicted octanol–water partition coefficient (Wildman–Crippen LogP) is 2.87. The molecule has 1 aromatic rings. The van der Waals surface area contributed by atoms with Gasteiger partial charge in [0.05, 0.1) is 0 Å². The molecule has 1 fully saturated rings. The highest BCUT2D eigenvalue weighted by atomic mass is 19.3. The third-order valence-electron chi connectivity index (χ3n) is 3.33. The van der Waals surface area contributed by atoms with Crippen molar-refractivity contribution >= 4 is 0 Å². The lowest BCUT2D eigenvalue weighted by atomic mass is 9.90. The van der Waals surface area contributed by atoms with Gasteiger partial charge in [-0.25, -0.2) is 8.78 Å². The van der Waals surface area contributed by atoms with Crippen molar-refractivity contribution in [2.75, 3.05) is 13.1 Å². The zero-order valence-corrected chi connectivity index (χ0v) is 9.63. The summed E-state index contributed by atoms with van der Waals surface area (Å²) in [7, 11) is 0. The molecule has 94 valence electrons. The lowest BCUT2D eigenvalue weighted by Crippen LogP contribution is -2.28. The normalized spacial score (nSPS) is 17.6. The van der Waals surface area contributed by atoms with Crippen LogP contribution in [-0.2, 0) is 6.42 Å². The van der Waals surface area contributed by atoms with Crippen LogP contribution in [-0.4, -0.2) is 18.2 Å². The van der Waals surface area contributed by atoms with E-state index < -0.39 is 6.43 Å². The van der Waals surface area contributed by atoms with Crippen molar-refractivity contribution < 1.29 is 13.9 Å². The second-order valence-electron chi connectivity index (χ2n) is 4.59. The number of nitrogens with one attached hydrogen (secondary N) is 1. The smallest absolute Gasteiger partial charge is 0.263 e. The number of hydrogen-bond donors (Lipinski definition) is 2. The van der Waals surface area contributed by atoms with Crippen LogP contribution in [0.4, 0.5) is 8.78 Å². The molecule has 0 radical (unpaired) electrons. The minimum atomic E-state index is -2.52. The van der Waals surface area contributed by atoms with Crippen LogP contribution < -0.4 is 5.32 Å². The summed E-state index contributed by atoms with van der Waals surface area (Å²) < 4.78 is 24.8. The summed E-state index contributed by atoms with van der Waals surface area (Å²) in [5.41, 5.74) is 0.665. The minimum absolute atomic E-state index is 0.00123. The van der Waals surface area contributed by atoms with Crippen molar-refractivity contribution in [2.24, 2.45) is 5.92 Å². The highest BCUT2D eigenvalue weighted by molar-refractivity contribution is 5.37. The van der Waals surface area contributed by atoms with Gasteiger partial charge in [-0.2, -0.15) is 0 Å². The van der Waals surface area contributed by atoms with E-state index in [4.69, 9.17) is 0 Å². The Labute approximate surface area is 99.7 Å². The molecule has 0 bridgehead atoms. The third-order valence-corrected chi connectivity index (χ3v) is 3.33. The number of benzene rings is 1.